The minimum absolute atomic E-state index is 0.124. The van der Waals surface area contributed by atoms with Crippen LogP contribution in [0.5, 0.6) is 0 Å². The number of aromatic nitrogens is 4. The van der Waals surface area contributed by atoms with Gasteiger partial charge < -0.3 is 5.11 Å². The van der Waals surface area contributed by atoms with Crippen molar-refractivity contribution in [1.82, 2.24) is 19.3 Å². The Balaban J connectivity index is 1.61. The number of aliphatic hydroxyl groups is 1. The molecule has 30 heavy (non-hydrogen) atoms. The maximum absolute atomic E-state index is 13.0. The Morgan fingerprint density at radius 1 is 1.23 bits per heavy atom. The van der Waals surface area contributed by atoms with Crippen molar-refractivity contribution in [2.24, 2.45) is 10.2 Å². The molecule has 4 rings (SSSR count). The standard InChI is InChI=1S/C18H15N7O2S3/c1-10-21-18(30-25-10)23-17(27)16-13(28-12-3-2-11(9-26)19-8-12)4-5-14(22-16)29-15-6-7-20-24-15/h2-5,7-8,26H,6,9H2,1H3,(H,21,23,25,27). The number of pyridine rings is 2. The largest absolute Gasteiger partial charge is 0.390 e. The molecule has 0 saturated heterocycles. The Morgan fingerprint density at radius 2 is 2.13 bits per heavy atom. The van der Waals surface area contributed by atoms with Gasteiger partial charge in [-0.1, -0.05) is 23.5 Å². The first kappa shape index (κ1) is 20.6. The van der Waals surface area contributed by atoms with Crippen LogP contribution in [-0.4, -0.2) is 41.6 Å². The van der Waals surface area contributed by atoms with Crippen LogP contribution < -0.4 is 5.32 Å². The number of nitrogens with zero attached hydrogens (tertiary/aromatic N) is 6. The van der Waals surface area contributed by atoms with Gasteiger partial charge in [0.25, 0.3) is 5.91 Å². The molecule has 4 heterocycles. The molecule has 0 atom stereocenters. The topological polar surface area (TPSA) is 126 Å². The van der Waals surface area contributed by atoms with Gasteiger partial charge in [0, 0.05) is 40.2 Å². The van der Waals surface area contributed by atoms with Gasteiger partial charge in [-0.3, -0.25) is 15.1 Å². The molecule has 1 aliphatic rings. The number of aryl methyl sites for hydroxylation is 1. The molecule has 12 heteroatoms. The molecule has 0 aromatic carbocycles. The predicted molar refractivity (Wildman–Crippen MR) is 118 cm³/mol. The Labute approximate surface area is 184 Å². The third-order valence-electron chi connectivity index (χ3n) is 3.72. The van der Waals surface area contributed by atoms with E-state index in [-0.39, 0.29) is 18.2 Å². The molecule has 2 N–H and O–H groups in total. The van der Waals surface area contributed by atoms with Crippen molar-refractivity contribution in [1.29, 1.82) is 0 Å². The molecular weight excluding hydrogens is 442 g/mol. The van der Waals surface area contributed by atoms with Gasteiger partial charge in [-0.25, -0.2) is 9.97 Å². The molecule has 0 aliphatic carbocycles. The molecule has 1 amide bonds. The van der Waals surface area contributed by atoms with Crippen molar-refractivity contribution in [3.8, 4) is 0 Å². The van der Waals surface area contributed by atoms with Crippen LogP contribution in [0.2, 0.25) is 0 Å². The van der Waals surface area contributed by atoms with Crippen molar-refractivity contribution in [2.75, 3.05) is 5.32 Å². The minimum atomic E-state index is -0.374. The molecular formula is C18H15N7O2S3. The zero-order chi connectivity index (χ0) is 20.9. The number of hydrogen-bond donors (Lipinski definition) is 2. The van der Waals surface area contributed by atoms with Crippen molar-refractivity contribution in [2.45, 2.75) is 34.8 Å². The smallest absolute Gasteiger partial charge is 0.277 e. The summed E-state index contributed by atoms with van der Waals surface area (Å²) in [5, 5.41) is 21.7. The summed E-state index contributed by atoms with van der Waals surface area (Å²) in [6.45, 7) is 1.64. The Morgan fingerprint density at radius 3 is 2.80 bits per heavy atom. The number of rotatable bonds is 6. The van der Waals surface area contributed by atoms with E-state index in [0.717, 1.165) is 21.5 Å². The molecule has 0 radical (unpaired) electrons. The van der Waals surface area contributed by atoms with Gasteiger partial charge in [-0.05, 0) is 31.2 Å². The number of anilines is 1. The predicted octanol–water partition coefficient (Wildman–Crippen LogP) is 3.41. The second-order valence-electron chi connectivity index (χ2n) is 5.94. The summed E-state index contributed by atoms with van der Waals surface area (Å²) < 4.78 is 4.08. The van der Waals surface area contributed by atoms with E-state index in [2.05, 4.69) is 34.8 Å². The van der Waals surface area contributed by atoms with Gasteiger partial charge in [-0.2, -0.15) is 9.47 Å². The number of carbonyl (C=O) groups excluding carboxylic acids is 1. The van der Waals surface area contributed by atoms with Crippen molar-refractivity contribution in [3.05, 3.63) is 47.7 Å². The number of thioether (sulfide) groups is 1. The van der Waals surface area contributed by atoms with Crippen LogP contribution >= 0.6 is 35.1 Å². The van der Waals surface area contributed by atoms with Crippen LogP contribution in [0.3, 0.4) is 0 Å². The molecule has 9 nitrogen and oxygen atoms in total. The van der Waals surface area contributed by atoms with E-state index in [9.17, 15) is 4.79 Å². The third-order valence-corrected chi connectivity index (χ3v) is 6.39. The lowest BCUT2D eigenvalue weighted by atomic mass is 10.3. The lowest BCUT2D eigenvalue weighted by Gasteiger charge is -2.10. The van der Waals surface area contributed by atoms with Crippen LogP contribution in [-0.2, 0) is 6.61 Å². The van der Waals surface area contributed by atoms with Gasteiger partial charge in [0.05, 0.1) is 12.3 Å². The maximum Gasteiger partial charge on any atom is 0.277 e. The number of hydrogen-bond acceptors (Lipinski definition) is 11. The van der Waals surface area contributed by atoms with Gasteiger partial charge in [0.15, 0.2) is 0 Å². The fraction of sp³-hybridized carbons (Fsp3) is 0.167. The van der Waals surface area contributed by atoms with E-state index in [1.165, 1.54) is 23.5 Å². The van der Waals surface area contributed by atoms with Gasteiger partial charge >= 0.3 is 0 Å². The lowest BCUT2D eigenvalue weighted by molar-refractivity contribution is 0.101. The monoisotopic (exact) mass is 457 g/mol. The summed E-state index contributed by atoms with van der Waals surface area (Å²) >= 11 is 3.85. The highest BCUT2D eigenvalue weighted by atomic mass is 32.2. The zero-order valence-electron chi connectivity index (χ0n) is 15.6. The quantitative estimate of drug-likeness (QED) is 0.577. The molecule has 152 valence electrons. The summed E-state index contributed by atoms with van der Waals surface area (Å²) in [6, 6.07) is 7.26. The highest BCUT2D eigenvalue weighted by Gasteiger charge is 2.19. The molecule has 0 unspecified atom stereocenters. The molecule has 0 fully saturated rings. The number of carbonyl (C=O) groups is 1. The molecule has 0 spiro atoms. The molecule has 0 saturated carbocycles. The first-order chi connectivity index (χ1) is 14.6. The van der Waals surface area contributed by atoms with E-state index >= 15 is 0 Å². The second-order valence-corrected chi connectivity index (χ2v) is 8.90. The molecule has 0 bridgehead atoms. The molecule has 3 aromatic heterocycles. The molecule has 3 aromatic rings. The summed E-state index contributed by atoms with van der Waals surface area (Å²) in [6.07, 6.45) is 4.03. The summed E-state index contributed by atoms with van der Waals surface area (Å²) in [5.74, 6) is 0.220. The normalized spacial score (nSPS) is 12.8. The fourth-order valence-corrected chi connectivity index (χ4v) is 4.57. The number of nitrogens with one attached hydrogen (secondary N) is 1. The second kappa shape index (κ2) is 9.43. The Hall–Kier alpha value is -2.67. The van der Waals surface area contributed by atoms with Crippen molar-refractivity contribution < 1.29 is 9.90 Å². The van der Waals surface area contributed by atoms with Crippen LogP contribution in [0.4, 0.5) is 5.13 Å². The number of aliphatic hydroxyl groups excluding tert-OH is 1. The fourth-order valence-electron chi connectivity index (χ4n) is 2.37. The summed E-state index contributed by atoms with van der Waals surface area (Å²) in [4.78, 5) is 27.4. The lowest BCUT2D eigenvalue weighted by Crippen LogP contribution is -2.15. The van der Waals surface area contributed by atoms with Gasteiger partial charge in [-0.15, -0.1) is 5.10 Å². The first-order valence-electron chi connectivity index (χ1n) is 8.73. The summed E-state index contributed by atoms with van der Waals surface area (Å²) in [7, 11) is 0. The first-order valence-corrected chi connectivity index (χ1v) is 11.1. The van der Waals surface area contributed by atoms with Crippen LogP contribution in [0.15, 0.2) is 55.5 Å². The van der Waals surface area contributed by atoms with Crippen molar-refractivity contribution in [3.63, 3.8) is 0 Å². The van der Waals surface area contributed by atoms with E-state index < -0.39 is 0 Å². The van der Waals surface area contributed by atoms with E-state index in [0.29, 0.717) is 33.0 Å². The summed E-state index contributed by atoms with van der Waals surface area (Å²) in [5.41, 5.74) is 0.844. The third kappa shape index (κ3) is 5.08. The van der Waals surface area contributed by atoms with E-state index in [1.807, 2.05) is 18.2 Å². The minimum Gasteiger partial charge on any atom is -0.390 e. The van der Waals surface area contributed by atoms with Crippen LogP contribution in [0.25, 0.3) is 0 Å². The van der Waals surface area contributed by atoms with Gasteiger partial charge in [0.2, 0.25) is 5.13 Å². The zero-order valence-corrected chi connectivity index (χ0v) is 18.1. The van der Waals surface area contributed by atoms with Crippen LogP contribution in [0.1, 0.15) is 28.4 Å². The highest BCUT2D eigenvalue weighted by molar-refractivity contribution is 8.14. The molecule has 1 aliphatic heterocycles. The van der Waals surface area contributed by atoms with Gasteiger partial charge in [0.1, 0.15) is 21.6 Å². The number of amides is 1. The Kier molecular flexibility index (Phi) is 6.47. The average Bonchev–Trinajstić information content (AvgIpc) is 3.41. The highest BCUT2D eigenvalue weighted by Crippen LogP contribution is 2.32. The Bertz CT molecular complexity index is 1130. The average molecular weight is 458 g/mol. The van der Waals surface area contributed by atoms with E-state index in [4.69, 9.17) is 5.11 Å². The van der Waals surface area contributed by atoms with Crippen molar-refractivity contribution >= 4 is 57.4 Å². The maximum atomic E-state index is 13.0. The SMILES string of the molecule is Cc1nsc(NC(=O)c2nc(SC3=NN=CC3)ccc2Sc2ccc(CO)nc2)n1. The van der Waals surface area contributed by atoms with E-state index in [1.54, 1.807) is 25.4 Å². The van der Waals surface area contributed by atoms with Crippen LogP contribution in [0, 0.1) is 6.92 Å².